The summed E-state index contributed by atoms with van der Waals surface area (Å²) in [4.78, 5) is 71.1. The van der Waals surface area contributed by atoms with Crippen LogP contribution in [0.15, 0.2) is 17.4 Å². The minimum atomic E-state index is -6.10. The molecule has 6 rings (SSSR count). The lowest BCUT2D eigenvalue weighted by Crippen LogP contribution is -2.36. The molecule has 35 heteroatoms. The van der Waals surface area contributed by atoms with Crippen LogP contribution in [-0.2, 0) is 66.2 Å². The van der Waals surface area contributed by atoms with Gasteiger partial charge in [0.25, 0.3) is 22.6 Å². The van der Waals surface area contributed by atoms with Crippen molar-refractivity contribution in [1.29, 1.82) is 0 Å². The molecular formula is C25H39N10O21P4+. The summed E-state index contributed by atoms with van der Waals surface area (Å²) in [6.45, 7) is 0.527. The predicted octanol–water partition coefficient (Wildman–Crippen LogP) is -1.93. The Kier molecular flexibility index (Phi) is 13.1. The summed E-state index contributed by atoms with van der Waals surface area (Å²) in [6, 6.07) is 0. The lowest BCUT2D eigenvalue weighted by molar-refractivity contribution is -0.646. The van der Waals surface area contributed by atoms with Crippen LogP contribution in [-0.4, -0.2) is 132 Å². The molecule has 6 heterocycles. The Bertz CT molecular complexity index is 2500. The zero-order valence-electron chi connectivity index (χ0n) is 31.2. The number of nitrogens with one attached hydrogen (secondary N) is 1. The van der Waals surface area contributed by atoms with Crippen LogP contribution in [0.1, 0.15) is 26.3 Å². The molecule has 2 aliphatic heterocycles. The molecule has 60 heavy (non-hydrogen) atoms. The summed E-state index contributed by atoms with van der Waals surface area (Å²) in [5, 5.41) is 32.4. The largest absolute Gasteiger partial charge is 0.490 e. The van der Waals surface area contributed by atoms with Gasteiger partial charge in [0.1, 0.15) is 36.6 Å². The number of nitrogens with two attached hydrogens (primary N) is 2. The molecule has 0 radical (unpaired) electrons. The van der Waals surface area contributed by atoms with Crippen molar-refractivity contribution in [2.24, 2.45) is 7.05 Å². The maximum atomic E-state index is 12.9. The third-order valence-electron chi connectivity index (χ3n) is 8.46. The van der Waals surface area contributed by atoms with Crippen molar-refractivity contribution in [3.05, 3.63) is 23.0 Å². The normalized spacial score (nSPS) is 28.9. The van der Waals surface area contributed by atoms with Crippen LogP contribution in [0.3, 0.4) is 0 Å². The number of ether oxygens (including phenoxy) is 3. The van der Waals surface area contributed by atoms with Crippen LogP contribution in [0.25, 0.3) is 22.3 Å². The number of nitrogens with zero attached hydrogens (tertiary/aromatic N) is 7. The zero-order chi connectivity index (χ0) is 44.3. The first-order valence-corrected chi connectivity index (χ1v) is 22.8. The van der Waals surface area contributed by atoms with Crippen molar-refractivity contribution < 1.29 is 98.6 Å². The third kappa shape index (κ3) is 9.95. The van der Waals surface area contributed by atoms with Gasteiger partial charge in [0.15, 0.2) is 17.4 Å². The van der Waals surface area contributed by atoms with E-state index < -0.39 is 111 Å². The van der Waals surface area contributed by atoms with Crippen molar-refractivity contribution in [2.75, 3.05) is 31.8 Å². The molecule has 12 N–H and O–H groups in total. The number of aliphatic hydroxyl groups excluding tert-OH is 2. The van der Waals surface area contributed by atoms with E-state index >= 15 is 0 Å². The Labute approximate surface area is 334 Å². The summed E-state index contributed by atoms with van der Waals surface area (Å²) in [7, 11) is -20.0. The lowest BCUT2D eigenvalue weighted by Gasteiger charge is -2.24. The number of aromatic amines is 1. The van der Waals surface area contributed by atoms with Gasteiger partial charge >= 0.3 is 31.3 Å². The Morgan fingerprint density at radius 3 is 2.02 bits per heavy atom. The van der Waals surface area contributed by atoms with Crippen molar-refractivity contribution >= 4 is 65.5 Å². The number of aryl methyl sites for hydroxylation is 1. The number of anilines is 2. The standard InChI is InChI=1S/C25H38N10O21P4/c1-9(2)53-59(44,45)54-17-11(52-22(15(17)37)34-7-28-12-18(34)29-24(26)31-20(12)38)6-50-58(42,43)56-60(46,47)55-57(40,41)49-5-10-16(48-4)14(36)23(51-10)35-8-33(3)13-19(35)30-25(27)32-21(13)39/h7-11,14-17,22-23,36-37H,5-6H2,1-4H3,(H9-,26,27,29,30,31,32,38,39,40,41,42,43,44,45,46,47)/p+1/t10-,11?,14?,15?,16?,17?,22?,23-/m1/s1. The fourth-order valence-corrected chi connectivity index (χ4v) is 10.9. The first-order valence-electron chi connectivity index (χ1n) is 16.9. The second kappa shape index (κ2) is 17.1. The minimum Gasteiger partial charge on any atom is -0.490 e. The molecule has 334 valence electrons. The number of methoxy groups -OCH3 is 1. The Morgan fingerprint density at radius 1 is 0.867 bits per heavy atom. The molecule has 4 aromatic heterocycles. The highest BCUT2D eigenvalue weighted by Crippen LogP contribution is 2.68. The fraction of sp³-hybridized carbons (Fsp3) is 0.600. The number of aromatic hydroxyl groups is 1. The summed E-state index contributed by atoms with van der Waals surface area (Å²) < 4.78 is 99.2. The highest BCUT2D eigenvalue weighted by atomic mass is 31.3. The summed E-state index contributed by atoms with van der Waals surface area (Å²) in [5.74, 6) is -1.19. The quantitative estimate of drug-likeness (QED) is 0.0407. The molecule has 10 unspecified atom stereocenters. The van der Waals surface area contributed by atoms with Crippen LogP contribution in [0, 0.1) is 0 Å². The van der Waals surface area contributed by atoms with E-state index in [1.807, 2.05) is 0 Å². The molecule has 0 saturated carbocycles. The molecule has 0 amide bonds. The molecule has 31 nitrogen and oxygen atoms in total. The average molecular weight is 940 g/mol. The van der Waals surface area contributed by atoms with E-state index in [4.69, 9.17) is 43.8 Å². The first-order chi connectivity index (χ1) is 27.8. The Hall–Kier alpha value is -3.38. The number of phosphoric acid groups is 4. The smallest absolute Gasteiger partial charge is 0.490 e. The monoisotopic (exact) mass is 939 g/mol. The van der Waals surface area contributed by atoms with Crippen LogP contribution in [0.2, 0.25) is 0 Å². The van der Waals surface area contributed by atoms with Gasteiger partial charge in [0, 0.05) is 7.11 Å². The topological polar surface area (TPSA) is 443 Å². The SMILES string of the molecule is COC1C(O)[C@H](n2c[n+](C)c3c(O)nc(N)nc32)O[C@@H]1COP(=O)(O)OP(=O)(O)OP(=O)(O)OCC1OC(n2cnc3c(=O)[nH]c(N)nc32)C(O)C1OP(=O)(O)OC(C)C. The van der Waals surface area contributed by atoms with E-state index in [0.29, 0.717) is 0 Å². The second-order valence-corrected chi connectivity index (χ2v) is 19.1. The number of hydrogen-bond donors (Lipinski definition) is 10. The van der Waals surface area contributed by atoms with Crippen molar-refractivity contribution in [1.82, 2.24) is 34.1 Å². The van der Waals surface area contributed by atoms with Gasteiger partial charge in [0.05, 0.1) is 32.7 Å². The van der Waals surface area contributed by atoms with Gasteiger partial charge in [-0.2, -0.15) is 28.1 Å². The third-order valence-corrected chi connectivity index (χ3v) is 13.9. The number of phosphoric ester groups is 3. The Morgan fingerprint density at radius 2 is 1.43 bits per heavy atom. The van der Waals surface area contributed by atoms with E-state index in [2.05, 4.69) is 33.5 Å². The predicted molar refractivity (Wildman–Crippen MR) is 192 cm³/mol. The van der Waals surface area contributed by atoms with Crippen LogP contribution in [0.5, 0.6) is 5.88 Å². The second-order valence-electron chi connectivity index (χ2n) is 13.2. The summed E-state index contributed by atoms with van der Waals surface area (Å²) in [5.41, 5.74) is 10.1. The van der Waals surface area contributed by atoms with Gasteiger partial charge in [-0.3, -0.25) is 32.4 Å². The molecule has 2 fully saturated rings. The highest BCUT2D eigenvalue weighted by molar-refractivity contribution is 7.66. The average Bonchev–Trinajstić information content (AvgIpc) is 3.83. The number of fused-ring (bicyclic) bond motifs is 2. The number of aromatic nitrogens is 8. The van der Waals surface area contributed by atoms with Crippen LogP contribution >= 0.6 is 31.3 Å². The van der Waals surface area contributed by atoms with Crippen LogP contribution in [0.4, 0.5) is 11.9 Å². The molecular weight excluding hydrogens is 900 g/mol. The van der Waals surface area contributed by atoms with Crippen molar-refractivity contribution in [2.45, 2.75) is 69.0 Å². The van der Waals surface area contributed by atoms with E-state index in [1.165, 1.54) is 36.4 Å². The van der Waals surface area contributed by atoms with Gasteiger partial charge < -0.3 is 60.6 Å². The van der Waals surface area contributed by atoms with Gasteiger partial charge in [-0.15, -0.1) is 0 Å². The van der Waals surface area contributed by atoms with Gasteiger partial charge in [-0.25, -0.2) is 27.8 Å². The number of H-pyrrole nitrogens is 1. The van der Waals surface area contributed by atoms with E-state index in [0.717, 1.165) is 18.0 Å². The number of rotatable bonds is 17. The van der Waals surface area contributed by atoms with E-state index in [1.54, 1.807) is 0 Å². The zero-order valence-corrected chi connectivity index (χ0v) is 34.8. The molecule has 0 spiro atoms. The number of nitrogen functional groups attached to an aromatic ring is 2. The maximum Gasteiger partial charge on any atom is 0.490 e. The molecule has 0 aliphatic carbocycles. The van der Waals surface area contributed by atoms with Gasteiger partial charge in [-0.1, -0.05) is 0 Å². The van der Waals surface area contributed by atoms with E-state index in [9.17, 15) is 57.9 Å². The highest BCUT2D eigenvalue weighted by Gasteiger charge is 2.53. The Balaban J connectivity index is 1.12. The molecule has 2 aliphatic rings. The molecule has 2 saturated heterocycles. The summed E-state index contributed by atoms with van der Waals surface area (Å²) >= 11 is 0. The number of hydrogen-bond acceptors (Lipinski definition) is 23. The molecule has 0 bridgehead atoms. The molecule has 12 atom stereocenters. The van der Waals surface area contributed by atoms with Crippen LogP contribution < -0.4 is 21.6 Å². The van der Waals surface area contributed by atoms with Gasteiger partial charge in [0.2, 0.25) is 24.5 Å². The first kappa shape index (κ1) is 46.1. The van der Waals surface area contributed by atoms with Crippen molar-refractivity contribution in [3.8, 4) is 5.88 Å². The maximum absolute atomic E-state index is 12.9. The molecule has 4 aromatic rings. The summed E-state index contributed by atoms with van der Waals surface area (Å²) in [6.07, 6.45) is -11.5. The van der Waals surface area contributed by atoms with Gasteiger partial charge in [-0.05, 0) is 13.8 Å². The fourth-order valence-electron chi connectivity index (χ4n) is 6.25. The number of imidazole rings is 2. The minimum absolute atomic E-state index is 0.00718. The van der Waals surface area contributed by atoms with E-state index in [-0.39, 0.29) is 34.2 Å². The number of aliphatic hydroxyl groups is 2. The lowest BCUT2D eigenvalue weighted by atomic mass is 10.1. The molecule has 0 aromatic carbocycles. The van der Waals surface area contributed by atoms with Crippen molar-refractivity contribution in [3.63, 3.8) is 0 Å².